The molecule has 25 heavy (non-hydrogen) atoms. The molecule has 2 aliphatic carbocycles. The molecule has 3 aliphatic heterocycles. The average Bonchev–Trinajstić information content (AvgIpc) is 3.10. The number of esters is 2. The molecule has 3 heterocycles. The molecule has 1 saturated carbocycles. The van der Waals surface area contributed by atoms with Gasteiger partial charge >= 0.3 is 11.9 Å². The van der Waals surface area contributed by atoms with Crippen LogP contribution in [0.25, 0.3) is 0 Å². The summed E-state index contributed by atoms with van der Waals surface area (Å²) in [6, 6.07) is 0. The zero-order valence-electron chi connectivity index (χ0n) is 14.9. The first-order chi connectivity index (χ1) is 11.9. The normalized spacial score (nSPS) is 50.6. The topological polar surface area (TPSA) is 61.8 Å². The van der Waals surface area contributed by atoms with Gasteiger partial charge in [0.1, 0.15) is 12.7 Å². The van der Waals surface area contributed by atoms with Crippen molar-refractivity contribution in [2.24, 2.45) is 22.7 Å². The highest BCUT2D eigenvalue weighted by Gasteiger charge is 2.70. The SMILES string of the molecule is C[C@H]1[C@@H]2O[C@H](C3=CC(=O)OC3)C[C@@]1(C)[C@H]1CCC=C3C(=O)O[C@H]2[C@@]31C. The van der Waals surface area contributed by atoms with Gasteiger partial charge in [0, 0.05) is 22.6 Å². The summed E-state index contributed by atoms with van der Waals surface area (Å²) >= 11 is 0. The lowest BCUT2D eigenvalue weighted by Crippen LogP contribution is -2.66. The van der Waals surface area contributed by atoms with Crippen LogP contribution in [0.3, 0.4) is 0 Å². The highest BCUT2D eigenvalue weighted by Crippen LogP contribution is 2.67. The standard InChI is InChI=1S/C20H24O5/c1-10-16-17-20(3)12(18(22)25-17)5-4-6-14(20)19(10,2)8-13(24-16)11-7-15(21)23-9-11/h5,7,10,13-14,16-17H,4,6,8-9H2,1-3H3/t10-,13-,14+,16-,17+,19+,20-/m0/s1. The molecular formula is C20H24O5. The predicted molar refractivity (Wildman–Crippen MR) is 88.4 cm³/mol. The van der Waals surface area contributed by atoms with Gasteiger partial charge < -0.3 is 14.2 Å². The summed E-state index contributed by atoms with van der Waals surface area (Å²) < 4.78 is 17.4. The molecule has 5 heteroatoms. The van der Waals surface area contributed by atoms with Crippen LogP contribution in [0.2, 0.25) is 0 Å². The monoisotopic (exact) mass is 344 g/mol. The molecule has 2 bridgehead atoms. The molecule has 2 saturated heterocycles. The molecule has 0 aromatic rings. The van der Waals surface area contributed by atoms with Crippen molar-refractivity contribution in [1.82, 2.24) is 0 Å². The van der Waals surface area contributed by atoms with E-state index >= 15 is 0 Å². The number of carbonyl (C=O) groups is 2. The maximum absolute atomic E-state index is 12.5. The summed E-state index contributed by atoms with van der Waals surface area (Å²) in [7, 11) is 0. The first kappa shape index (κ1) is 15.6. The quantitative estimate of drug-likeness (QED) is 0.684. The smallest absolute Gasteiger partial charge is 0.334 e. The van der Waals surface area contributed by atoms with Crippen LogP contribution in [0.15, 0.2) is 23.3 Å². The number of allylic oxidation sites excluding steroid dienone is 1. The molecule has 0 radical (unpaired) electrons. The molecule has 0 N–H and O–H groups in total. The lowest BCUT2D eigenvalue weighted by molar-refractivity contribution is -0.248. The van der Waals surface area contributed by atoms with Gasteiger partial charge in [-0.1, -0.05) is 26.8 Å². The second-order valence-corrected chi connectivity index (χ2v) is 8.77. The van der Waals surface area contributed by atoms with Gasteiger partial charge in [-0.15, -0.1) is 0 Å². The second kappa shape index (κ2) is 4.76. The van der Waals surface area contributed by atoms with Crippen LogP contribution < -0.4 is 0 Å². The van der Waals surface area contributed by atoms with E-state index in [1.54, 1.807) is 6.08 Å². The lowest BCUT2D eigenvalue weighted by atomic mass is 9.44. The first-order valence-corrected chi connectivity index (χ1v) is 9.30. The Bertz CT molecular complexity index is 736. The van der Waals surface area contributed by atoms with E-state index in [-0.39, 0.29) is 41.1 Å². The van der Waals surface area contributed by atoms with Gasteiger partial charge in [-0.3, -0.25) is 0 Å². The van der Waals surface area contributed by atoms with Crippen LogP contribution in [-0.2, 0) is 23.8 Å². The van der Waals surface area contributed by atoms with E-state index in [1.807, 2.05) is 0 Å². The van der Waals surface area contributed by atoms with Crippen molar-refractivity contribution in [2.75, 3.05) is 6.61 Å². The van der Waals surface area contributed by atoms with Crippen LogP contribution in [0, 0.1) is 22.7 Å². The van der Waals surface area contributed by atoms with Crippen molar-refractivity contribution in [3.05, 3.63) is 23.3 Å². The summed E-state index contributed by atoms with van der Waals surface area (Å²) in [6.07, 6.45) is 6.01. The van der Waals surface area contributed by atoms with Gasteiger partial charge in [0.05, 0.1) is 12.2 Å². The second-order valence-electron chi connectivity index (χ2n) is 8.77. The minimum Gasteiger partial charge on any atom is -0.458 e. The van der Waals surface area contributed by atoms with E-state index < -0.39 is 0 Å². The maximum Gasteiger partial charge on any atom is 0.334 e. The van der Waals surface area contributed by atoms with Crippen molar-refractivity contribution in [3.8, 4) is 0 Å². The Morgan fingerprint density at radius 3 is 2.76 bits per heavy atom. The molecule has 5 rings (SSSR count). The summed E-state index contributed by atoms with van der Waals surface area (Å²) in [5.74, 6) is 0.232. The minimum absolute atomic E-state index is 0.0405. The third-order valence-electron chi connectivity index (χ3n) is 7.82. The Hall–Kier alpha value is -1.62. The number of hydrogen-bond donors (Lipinski definition) is 0. The molecule has 0 spiro atoms. The molecule has 0 aromatic heterocycles. The molecule has 5 nitrogen and oxygen atoms in total. The number of carbonyl (C=O) groups excluding carboxylic acids is 2. The Morgan fingerprint density at radius 1 is 1.24 bits per heavy atom. The fourth-order valence-electron chi connectivity index (χ4n) is 6.38. The van der Waals surface area contributed by atoms with Crippen molar-refractivity contribution in [2.45, 2.75) is 58.3 Å². The largest absolute Gasteiger partial charge is 0.458 e. The van der Waals surface area contributed by atoms with E-state index in [0.29, 0.717) is 18.4 Å². The molecule has 0 unspecified atom stereocenters. The molecule has 134 valence electrons. The number of hydrogen-bond acceptors (Lipinski definition) is 5. The van der Waals surface area contributed by atoms with Gasteiger partial charge in [-0.25, -0.2) is 9.59 Å². The van der Waals surface area contributed by atoms with E-state index in [1.165, 1.54) is 0 Å². The summed E-state index contributed by atoms with van der Waals surface area (Å²) in [5.41, 5.74) is 1.56. The summed E-state index contributed by atoms with van der Waals surface area (Å²) in [5, 5.41) is 0. The molecule has 7 atom stereocenters. The lowest BCUT2D eigenvalue weighted by Gasteiger charge is -2.63. The van der Waals surface area contributed by atoms with Crippen molar-refractivity contribution < 1.29 is 23.8 Å². The Labute approximate surface area is 147 Å². The predicted octanol–water partition coefficient (Wildman–Crippen LogP) is 2.55. The van der Waals surface area contributed by atoms with E-state index in [0.717, 1.165) is 30.4 Å². The fraction of sp³-hybridized carbons (Fsp3) is 0.700. The third kappa shape index (κ3) is 1.77. The molecular weight excluding hydrogens is 320 g/mol. The summed E-state index contributed by atoms with van der Waals surface area (Å²) in [4.78, 5) is 24.0. The highest BCUT2D eigenvalue weighted by molar-refractivity contribution is 5.93. The molecule has 5 aliphatic rings. The zero-order valence-corrected chi connectivity index (χ0v) is 14.9. The average molecular weight is 344 g/mol. The Kier molecular flexibility index (Phi) is 2.97. The van der Waals surface area contributed by atoms with E-state index in [2.05, 4.69) is 26.8 Å². The van der Waals surface area contributed by atoms with Gasteiger partial charge in [-0.05, 0) is 36.5 Å². The van der Waals surface area contributed by atoms with Gasteiger partial charge in [0.2, 0.25) is 0 Å². The van der Waals surface area contributed by atoms with Crippen LogP contribution >= 0.6 is 0 Å². The van der Waals surface area contributed by atoms with Gasteiger partial charge in [0.15, 0.2) is 0 Å². The van der Waals surface area contributed by atoms with Crippen molar-refractivity contribution in [3.63, 3.8) is 0 Å². The molecule has 3 fully saturated rings. The zero-order chi connectivity index (χ0) is 17.6. The number of rotatable bonds is 1. The van der Waals surface area contributed by atoms with Gasteiger partial charge in [0.25, 0.3) is 0 Å². The van der Waals surface area contributed by atoms with Crippen molar-refractivity contribution >= 4 is 11.9 Å². The summed E-state index contributed by atoms with van der Waals surface area (Å²) in [6.45, 7) is 7.09. The highest BCUT2D eigenvalue weighted by atomic mass is 16.6. The van der Waals surface area contributed by atoms with Crippen LogP contribution in [-0.4, -0.2) is 36.9 Å². The number of cyclic esters (lactones) is 1. The number of ether oxygens (including phenoxy) is 3. The van der Waals surface area contributed by atoms with Crippen LogP contribution in [0.4, 0.5) is 0 Å². The maximum atomic E-state index is 12.5. The minimum atomic E-state index is -0.285. The van der Waals surface area contributed by atoms with Gasteiger partial charge in [-0.2, -0.15) is 0 Å². The van der Waals surface area contributed by atoms with Crippen LogP contribution in [0.5, 0.6) is 0 Å². The third-order valence-corrected chi connectivity index (χ3v) is 7.82. The molecule has 0 amide bonds. The van der Waals surface area contributed by atoms with E-state index in [9.17, 15) is 9.59 Å². The van der Waals surface area contributed by atoms with Crippen LogP contribution in [0.1, 0.15) is 40.0 Å². The Morgan fingerprint density at radius 2 is 2.04 bits per heavy atom. The first-order valence-electron chi connectivity index (χ1n) is 9.30. The fourth-order valence-corrected chi connectivity index (χ4v) is 6.38. The number of fused-ring (bicyclic) bond motifs is 4. The Balaban J connectivity index is 1.60. The molecule has 0 aromatic carbocycles. The van der Waals surface area contributed by atoms with Crippen molar-refractivity contribution in [1.29, 1.82) is 0 Å². The van der Waals surface area contributed by atoms with E-state index in [4.69, 9.17) is 14.2 Å².